The van der Waals surface area contributed by atoms with Crippen molar-refractivity contribution in [1.29, 1.82) is 0 Å². The summed E-state index contributed by atoms with van der Waals surface area (Å²) < 4.78 is 16.3. The number of nitrogens with two attached hydrogens (primary N) is 1. The molecule has 0 atom stereocenters. The largest absolute Gasteiger partial charge is 0.493 e. The van der Waals surface area contributed by atoms with Crippen molar-refractivity contribution in [3.63, 3.8) is 0 Å². The van der Waals surface area contributed by atoms with Crippen molar-refractivity contribution >= 4 is 5.91 Å². The number of nitrogens with one attached hydrogen (secondary N) is 1. The molecule has 0 spiro atoms. The van der Waals surface area contributed by atoms with Gasteiger partial charge in [-0.25, -0.2) is 0 Å². The van der Waals surface area contributed by atoms with Gasteiger partial charge in [-0.1, -0.05) is 6.07 Å². The van der Waals surface area contributed by atoms with E-state index in [1.807, 2.05) is 12.1 Å². The first-order valence-electron chi connectivity index (χ1n) is 8.42. The quantitative estimate of drug-likeness (QED) is 0.753. The highest BCUT2D eigenvalue weighted by Crippen LogP contribution is 2.38. The van der Waals surface area contributed by atoms with Gasteiger partial charge in [-0.05, 0) is 43.5 Å². The fourth-order valence-electron chi connectivity index (χ4n) is 3.11. The van der Waals surface area contributed by atoms with Crippen molar-refractivity contribution in [3.05, 3.63) is 23.8 Å². The molecule has 1 fully saturated rings. The van der Waals surface area contributed by atoms with Gasteiger partial charge in [0.2, 0.25) is 5.91 Å². The molecule has 1 aromatic rings. The van der Waals surface area contributed by atoms with Gasteiger partial charge < -0.3 is 25.3 Å². The zero-order valence-corrected chi connectivity index (χ0v) is 14.6. The topological polar surface area (TPSA) is 82.8 Å². The van der Waals surface area contributed by atoms with E-state index in [4.69, 9.17) is 19.9 Å². The number of ether oxygens (including phenoxy) is 3. The molecule has 1 aromatic carbocycles. The van der Waals surface area contributed by atoms with E-state index in [1.165, 1.54) is 0 Å². The number of methoxy groups -OCH3 is 2. The molecule has 6 nitrogen and oxygen atoms in total. The second-order valence-corrected chi connectivity index (χ2v) is 6.13. The second-order valence-electron chi connectivity index (χ2n) is 6.13. The van der Waals surface area contributed by atoms with E-state index in [2.05, 4.69) is 11.4 Å². The van der Waals surface area contributed by atoms with Gasteiger partial charge in [0.1, 0.15) is 0 Å². The zero-order chi connectivity index (χ0) is 17.4. The molecule has 0 saturated carbocycles. The molecule has 2 rings (SSSR count). The van der Waals surface area contributed by atoms with E-state index in [1.54, 1.807) is 14.2 Å². The van der Waals surface area contributed by atoms with Gasteiger partial charge in [0.25, 0.3) is 0 Å². The van der Waals surface area contributed by atoms with E-state index in [9.17, 15) is 4.79 Å². The lowest BCUT2D eigenvalue weighted by atomic mass is 9.74. The lowest BCUT2D eigenvalue weighted by Crippen LogP contribution is -2.44. The fraction of sp³-hybridized carbons (Fsp3) is 0.611. The van der Waals surface area contributed by atoms with Crippen molar-refractivity contribution in [2.75, 3.05) is 40.5 Å². The molecule has 6 heteroatoms. The Morgan fingerprint density at radius 3 is 2.58 bits per heavy atom. The molecule has 0 unspecified atom stereocenters. The first-order chi connectivity index (χ1) is 11.6. The summed E-state index contributed by atoms with van der Waals surface area (Å²) in [5.74, 6) is 1.46. The standard InChI is InChI=1S/C18H28N2O4/c1-22-15-6-5-14(12-16(15)23-2)18(7-10-24-11-8-18)13-20-17(21)4-3-9-19/h5-6,12H,3-4,7-11,13,19H2,1-2H3,(H,20,21). The Bertz CT molecular complexity index is 542. The molecule has 3 N–H and O–H groups in total. The van der Waals surface area contributed by atoms with Crippen LogP contribution in [0.4, 0.5) is 0 Å². The summed E-state index contributed by atoms with van der Waals surface area (Å²) in [6, 6.07) is 5.98. The molecule has 134 valence electrons. The molecule has 1 heterocycles. The van der Waals surface area contributed by atoms with Crippen LogP contribution in [0.15, 0.2) is 18.2 Å². The molecule has 1 aliphatic heterocycles. The highest BCUT2D eigenvalue weighted by molar-refractivity contribution is 5.76. The van der Waals surface area contributed by atoms with E-state index in [-0.39, 0.29) is 11.3 Å². The average Bonchev–Trinajstić information content (AvgIpc) is 2.64. The van der Waals surface area contributed by atoms with Crippen LogP contribution in [0, 0.1) is 0 Å². The fourth-order valence-corrected chi connectivity index (χ4v) is 3.11. The maximum atomic E-state index is 12.0. The maximum absolute atomic E-state index is 12.0. The zero-order valence-electron chi connectivity index (χ0n) is 14.6. The predicted octanol–water partition coefficient (Wildman–Crippen LogP) is 1.61. The maximum Gasteiger partial charge on any atom is 0.220 e. The third-order valence-electron chi connectivity index (χ3n) is 4.68. The molecular weight excluding hydrogens is 308 g/mol. The Morgan fingerprint density at radius 2 is 1.96 bits per heavy atom. The van der Waals surface area contributed by atoms with Gasteiger partial charge in [0.05, 0.1) is 14.2 Å². The summed E-state index contributed by atoms with van der Waals surface area (Å²) in [4.78, 5) is 12.0. The number of amides is 1. The number of benzene rings is 1. The van der Waals surface area contributed by atoms with E-state index < -0.39 is 0 Å². The minimum absolute atomic E-state index is 0.0480. The Kier molecular flexibility index (Phi) is 6.87. The van der Waals surface area contributed by atoms with Crippen LogP contribution in [0.5, 0.6) is 11.5 Å². The number of rotatable bonds is 8. The van der Waals surface area contributed by atoms with Gasteiger partial charge >= 0.3 is 0 Å². The van der Waals surface area contributed by atoms with E-state index in [0.29, 0.717) is 50.6 Å². The Balaban J connectivity index is 2.19. The average molecular weight is 336 g/mol. The van der Waals surface area contributed by atoms with Crippen molar-refractivity contribution in [2.24, 2.45) is 5.73 Å². The Hall–Kier alpha value is -1.79. The third-order valence-corrected chi connectivity index (χ3v) is 4.68. The van der Waals surface area contributed by atoms with Gasteiger partial charge in [-0.2, -0.15) is 0 Å². The number of carbonyl (C=O) groups is 1. The predicted molar refractivity (Wildman–Crippen MR) is 92.6 cm³/mol. The molecule has 24 heavy (non-hydrogen) atoms. The van der Waals surface area contributed by atoms with Gasteiger partial charge in [0, 0.05) is 31.6 Å². The molecule has 0 aromatic heterocycles. The van der Waals surface area contributed by atoms with Crippen LogP contribution in [0.25, 0.3) is 0 Å². The van der Waals surface area contributed by atoms with Gasteiger partial charge in [-0.15, -0.1) is 0 Å². The van der Waals surface area contributed by atoms with Crippen molar-refractivity contribution in [3.8, 4) is 11.5 Å². The first kappa shape index (κ1) is 18.5. The Labute approximate surface area is 143 Å². The molecule has 1 amide bonds. The third kappa shape index (κ3) is 4.39. The summed E-state index contributed by atoms with van der Waals surface area (Å²) in [5, 5.41) is 3.07. The summed E-state index contributed by atoms with van der Waals surface area (Å²) in [5.41, 5.74) is 6.47. The molecular formula is C18H28N2O4. The minimum atomic E-state index is -0.143. The minimum Gasteiger partial charge on any atom is -0.493 e. The molecule has 0 bridgehead atoms. The van der Waals surface area contributed by atoms with Crippen molar-refractivity contribution < 1.29 is 19.0 Å². The number of carbonyl (C=O) groups excluding carboxylic acids is 1. The van der Waals surface area contributed by atoms with Crippen LogP contribution < -0.4 is 20.5 Å². The van der Waals surface area contributed by atoms with Gasteiger partial charge in [-0.3, -0.25) is 4.79 Å². The van der Waals surface area contributed by atoms with Crippen molar-refractivity contribution in [1.82, 2.24) is 5.32 Å². The van der Waals surface area contributed by atoms with Crippen LogP contribution in [0.1, 0.15) is 31.2 Å². The normalized spacial score (nSPS) is 16.5. The first-order valence-corrected chi connectivity index (χ1v) is 8.42. The van der Waals surface area contributed by atoms with Crippen LogP contribution in [0.3, 0.4) is 0 Å². The smallest absolute Gasteiger partial charge is 0.220 e. The number of hydrogen-bond donors (Lipinski definition) is 2. The highest BCUT2D eigenvalue weighted by atomic mass is 16.5. The van der Waals surface area contributed by atoms with Crippen LogP contribution >= 0.6 is 0 Å². The molecule has 0 radical (unpaired) electrons. The van der Waals surface area contributed by atoms with E-state index >= 15 is 0 Å². The Morgan fingerprint density at radius 1 is 1.25 bits per heavy atom. The molecule has 1 saturated heterocycles. The SMILES string of the molecule is COc1ccc(C2(CNC(=O)CCCN)CCOCC2)cc1OC. The van der Waals surface area contributed by atoms with Crippen LogP contribution in [-0.4, -0.2) is 46.4 Å². The summed E-state index contributed by atoms with van der Waals surface area (Å²) >= 11 is 0. The summed E-state index contributed by atoms with van der Waals surface area (Å²) in [6.07, 6.45) is 2.90. The summed E-state index contributed by atoms with van der Waals surface area (Å²) in [6.45, 7) is 2.50. The molecule has 1 aliphatic rings. The number of hydrogen-bond acceptors (Lipinski definition) is 5. The van der Waals surface area contributed by atoms with E-state index in [0.717, 1.165) is 18.4 Å². The summed E-state index contributed by atoms with van der Waals surface area (Å²) in [7, 11) is 3.26. The van der Waals surface area contributed by atoms with Crippen LogP contribution in [-0.2, 0) is 14.9 Å². The molecule has 0 aliphatic carbocycles. The lowest BCUT2D eigenvalue weighted by Gasteiger charge is -2.38. The van der Waals surface area contributed by atoms with Crippen molar-refractivity contribution in [2.45, 2.75) is 31.1 Å². The lowest BCUT2D eigenvalue weighted by molar-refractivity contribution is -0.121. The highest BCUT2D eigenvalue weighted by Gasteiger charge is 2.35. The van der Waals surface area contributed by atoms with Crippen LogP contribution in [0.2, 0.25) is 0 Å². The second kappa shape index (κ2) is 8.89. The van der Waals surface area contributed by atoms with Gasteiger partial charge in [0.15, 0.2) is 11.5 Å². The monoisotopic (exact) mass is 336 g/mol.